The second kappa shape index (κ2) is 3.59. The third kappa shape index (κ3) is 2.40. The molecule has 0 radical (unpaired) electrons. The number of thiophene rings is 1. The van der Waals surface area contributed by atoms with E-state index in [-0.39, 0.29) is 0 Å². The van der Waals surface area contributed by atoms with E-state index >= 15 is 0 Å². The van der Waals surface area contributed by atoms with Gasteiger partial charge in [0.25, 0.3) is 6.08 Å². The quantitative estimate of drug-likeness (QED) is 0.734. The van der Waals surface area contributed by atoms with Crippen molar-refractivity contribution in [3.8, 4) is 0 Å². The zero-order valence-corrected chi connectivity index (χ0v) is 6.31. The Hall–Kier alpha value is -0.740. The summed E-state index contributed by atoms with van der Waals surface area (Å²) in [6.07, 6.45) is -2.52. The first-order valence-electron chi connectivity index (χ1n) is 2.93. The largest absolute Gasteiger partial charge is 0.384 e. The van der Waals surface area contributed by atoms with Gasteiger partial charge in [-0.15, -0.1) is 0 Å². The van der Waals surface area contributed by atoms with Gasteiger partial charge in [0, 0.05) is 6.08 Å². The van der Waals surface area contributed by atoms with Crippen LogP contribution in [0.1, 0.15) is 11.7 Å². The van der Waals surface area contributed by atoms with Gasteiger partial charge in [-0.1, -0.05) is 0 Å². The lowest BCUT2D eigenvalue weighted by atomic mass is 10.2. The van der Waals surface area contributed by atoms with Crippen molar-refractivity contribution in [1.29, 1.82) is 0 Å². The summed E-state index contributed by atoms with van der Waals surface area (Å²) in [4.78, 5) is 0. The Morgan fingerprint density at radius 2 is 2.36 bits per heavy atom. The van der Waals surface area contributed by atoms with Crippen molar-refractivity contribution in [2.75, 3.05) is 0 Å². The van der Waals surface area contributed by atoms with Crippen LogP contribution in [0.5, 0.6) is 0 Å². The van der Waals surface area contributed by atoms with E-state index in [9.17, 15) is 8.78 Å². The van der Waals surface area contributed by atoms with E-state index in [1.54, 1.807) is 16.8 Å². The van der Waals surface area contributed by atoms with Gasteiger partial charge < -0.3 is 5.11 Å². The highest BCUT2D eigenvalue weighted by Gasteiger charge is 2.05. The van der Waals surface area contributed by atoms with Crippen LogP contribution in [0.3, 0.4) is 0 Å². The first-order chi connectivity index (χ1) is 5.20. The number of rotatable bonds is 2. The Balaban J connectivity index is 2.71. The minimum absolute atomic E-state index is 0.503. The van der Waals surface area contributed by atoms with Gasteiger partial charge in [0.1, 0.15) is 6.10 Å². The third-order valence-corrected chi connectivity index (χ3v) is 1.87. The first-order valence-corrected chi connectivity index (χ1v) is 3.87. The van der Waals surface area contributed by atoms with Gasteiger partial charge in [0.15, 0.2) is 0 Å². The van der Waals surface area contributed by atoms with Crippen molar-refractivity contribution >= 4 is 11.3 Å². The fraction of sp³-hybridized carbons (Fsp3) is 0.143. The summed E-state index contributed by atoms with van der Waals surface area (Å²) in [5.41, 5.74) is 0.503. The average molecular weight is 176 g/mol. The second-order valence-corrected chi connectivity index (χ2v) is 2.74. The summed E-state index contributed by atoms with van der Waals surface area (Å²) < 4.78 is 23.2. The van der Waals surface area contributed by atoms with E-state index < -0.39 is 12.2 Å². The molecular formula is C7H6F2OS. The zero-order valence-electron chi connectivity index (χ0n) is 5.50. The monoisotopic (exact) mass is 176 g/mol. The van der Waals surface area contributed by atoms with Gasteiger partial charge in [0.2, 0.25) is 0 Å². The summed E-state index contributed by atoms with van der Waals surface area (Å²) in [5, 5.41) is 12.4. The molecule has 4 heteroatoms. The topological polar surface area (TPSA) is 20.2 Å². The second-order valence-electron chi connectivity index (χ2n) is 1.96. The molecule has 0 aliphatic carbocycles. The van der Waals surface area contributed by atoms with Crippen molar-refractivity contribution in [3.63, 3.8) is 0 Å². The van der Waals surface area contributed by atoms with Crippen LogP contribution >= 0.6 is 11.3 Å². The van der Waals surface area contributed by atoms with E-state index in [2.05, 4.69) is 0 Å². The van der Waals surface area contributed by atoms with E-state index in [4.69, 9.17) is 5.11 Å². The fourth-order valence-electron chi connectivity index (χ4n) is 0.659. The molecule has 0 fully saturated rings. The number of halogens is 2. The van der Waals surface area contributed by atoms with Gasteiger partial charge >= 0.3 is 0 Å². The van der Waals surface area contributed by atoms with Crippen molar-refractivity contribution in [2.24, 2.45) is 0 Å². The average Bonchev–Trinajstić information content (AvgIpc) is 2.35. The van der Waals surface area contributed by atoms with Crippen molar-refractivity contribution in [1.82, 2.24) is 0 Å². The summed E-state index contributed by atoms with van der Waals surface area (Å²) >= 11 is 1.36. The van der Waals surface area contributed by atoms with Crippen LogP contribution in [0.25, 0.3) is 0 Å². The molecule has 0 aliphatic rings. The molecule has 0 aromatic carbocycles. The molecule has 1 heterocycles. The molecule has 1 nitrogen and oxygen atoms in total. The zero-order chi connectivity index (χ0) is 8.27. The van der Waals surface area contributed by atoms with Crippen LogP contribution in [-0.2, 0) is 0 Å². The molecule has 1 aromatic rings. The maximum atomic E-state index is 11.6. The molecule has 0 spiro atoms. The first kappa shape index (κ1) is 8.36. The van der Waals surface area contributed by atoms with Crippen molar-refractivity contribution < 1.29 is 13.9 Å². The summed E-state index contributed by atoms with van der Waals surface area (Å²) in [6, 6.07) is 1.61. The molecule has 0 bridgehead atoms. The van der Waals surface area contributed by atoms with Crippen LogP contribution in [0, 0.1) is 0 Å². The minimum atomic E-state index is -1.86. The predicted molar refractivity (Wildman–Crippen MR) is 39.6 cm³/mol. The lowest BCUT2D eigenvalue weighted by Gasteiger charge is -1.99. The van der Waals surface area contributed by atoms with Gasteiger partial charge in [-0.2, -0.15) is 20.1 Å². The SMILES string of the molecule is OC(C=C(F)F)c1ccsc1. The maximum absolute atomic E-state index is 11.6. The Kier molecular flexibility index (Phi) is 2.73. The molecule has 1 rings (SSSR count). The molecule has 60 valence electrons. The molecule has 1 atom stereocenters. The van der Waals surface area contributed by atoms with Crippen molar-refractivity contribution in [3.05, 3.63) is 34.5 Å². The molecule has 1 unspecified atom stereocenters. The molecule has 1 N–H and O–H groups in total. The Labute approximate surface area is 66.6 Å². The Morgan fingerprint density at radius 1 is 1.64 bits per heavy atom. The van der Waals surface area contributed by atoms with E-state index in [0.717, 1.165) is 0 Å². The molecule has 0 aliphatic heterocycles. The van der Waals surface area contributed by atoms with Crippen LogP contribution in [0.2, 0.25) is 0 Å². The molecule has 0 saturated heterocycles. The van der Waals surface area contributed by atoms with Gasteiger partial charge in [-0.25, -0.2) is 0 Å². The minimum Gasteiger partial charge on any atom is -0.384 e. The molecule has 11 heavy (non-hydrogen) atoms. The highest BCUT2D eigenvalue weighted by Crippen LogP contribution is 2.19. The lowest BCUT2D eigenvalue weighted by molar-refractivity contribution is 0.220. The molecular weight excluding hydrogens is 170 g/mol. The summed E-state index contributed by atoms with van der Waals surface area (Å²) in [5.74, 6) is 0. The Bertz CT molecular complexity index is 239. The van der Waals surface area contributed by atoms with Gasteiger partial charge in [-0.3, -0.25) is 0 Å². The highest BCUT2D eigenvalue weighted by atomic mass is 32.1. The molecule has 1 aromatic heterocycles. The smallest absolute Gasteiger partial charge is 0.269 e. The number of hydrogen-bond donors (Lipinski definition) is 1. The summed E-state index contributed by atoms with van der Waals surface area (Å²) in [6.45, 7) is 0. The number of hydrogen-bond acceptors (Lipinski definition) is 2. The van der Waals surface area contributed by atoms with Crippen LogP contribution in [0.15, 0.2) is 29.0 Å². The van der Waals surface area contributed by atoms with E-state index in [0.29, 0.717) is 11.6 Å². The predicted octanol–water partition coefficient (Wildman–Crippen LogP) is 2.56. The number of aliphatic hydroxyl groups excluding tert-OH is 1. The standard InChI is InChI=1S/C7H6F2OS/c8-7(9)3-6(10)5-1-2-11-4-5/h1-4,6,10H. The van der Waals surface area contributed by atoms with Gasteiger partial charge in [-0.05, 0) is 22.4 Å². The van der Waals surface area contributed by atoms with Crippen molar-refractivity contribution in [2.45, 2.75) is 6.10 Å². The van der Waals surface area contributed by atoms with Crippen LogP contribution in [0.4, 0.5) is 8.78 Å². The summed E-state index contributed by atoms with van der Waals surface area (Å²) in [7, 11) is 0. The van der Waals surface area contributed by atoms with Gasteiger partial charge in [0.05, 0.1) is 0 Å². The lowest BCUT2D eigenvalue weighted by Crippen LogP contribution is -1.89. The van der Waals surface area contributed by atoms with Crippen LogP contribution < -0.4 is 0 Å². The fourth-order valence-corrected chi connectivity index (χ4v) is 1.35. The third-order valence-electron chi connectivity index (χ3n) is 1.17. The normalized spacial score (nSPS) is 12.6. The van der Waals surface area contributed by atoms with E-state index in [1.807, 2.05) is 0 Å². The maximum Gasteiger partial charge on any atom is 0.269 e. The molecule has 0 amide bonds. The molecule has 0 saturated carbocycles. The van der Waals surface area contributed by atoms with Crippen LogP contribution in [-0.4, -0.2) is 5.11 Å². The number of aliphatic hydroxyl groups is 1. The van der Waals surface area contributed by atoms with E-state index in [1.165, 1.54) is 11.3 Å². The highest BCUT2D eigenvalue weighted by molar-refractivity contribution is 7.07. The Morgan fingerprint density at radius 3 is 2.82 bits per heavy atom.